The van der Waals surface area contributed by atoms with Crippen molar-refractivity contribution in [3.8, 4) is 50.2 Å². The van der Waals surface area contributed by atoms with Gasteiger partial charge in [-0.3, -0.25) is 0 Å². The molecule has 2 nitrogen and oxygen atoms in total. The van der Waals surface area contributed by atoms with Crippen molar-refractivity contribution < 1.29 is 0 Å². The van der Waals surface area contributed by atoms with E-state index in [4.69, 9.17) is 0 Å². The molecule has 69 heavy (non-hydrogen) atoms. The van der Waals surface area contributed by atoms with Gasteiger partial charge in [0.2, 0.25) is 0 Å². The predicted molar refractivity (Wildman–Crippen MR) is 289 cm³/mol. The molecule has 0 saturated heterocycles. The fourth-order valence-electron chi connectivity index (χ4n) is 12.1. The predicted octanol–water partition coefficient (Wildman–Crippen LogP) is 17.7. The van der Waals surface area contributed by atoms with E-state index in [0.29, 0.717) is 0 Å². The summed E-state index contributed by atoms with van der Waals surface area (Å²) in [7, 11) is 0. The Hall–Kier alpha value is -8.72. The summed E-state index contributed by atoms with van der Waals surface area (Å²) in [5, 5.41) is 2.51. The zero-order chi connectivity index (χ0) is 45.5. The van der Waals surface area contributed by atoms with Gasteiger partial charge in [-0.2, -0.15) is 0 Å². The average molecular weight is 879 g/mol. The summed E-state index contributed by atoms with van der Waals surface area (Å²) in [6, 6.07) is 89.8. The molecule has 0 aliphatic heterocycles. The first-order valence-electron chi connectivity index (χ1n) is 24.2. The van der Waals surface area contributed by atoms with E-state index in [1.54, 1.807) is 0 Å². The number of nitrogens with zero attached hydrogens (tertiary/aromatic N) is 2. The zero-order valence-corrected chi connectivity index (χ0v) is 38.1. The molecule has 1 heterocycles. The molecule has 0 amide bonds. The summed E-state index contributed by atoms with van der Waals surface area (Å²) in [5.74, 6) is 0. The first kappa shape index (κ1) is 39.4. The minimum Gasteiger partial charge on any atom is -0.310 e. The smallest absolute Gasteiger partial charge is 0.0689 e. The minimum atomic E-state index is -0.347. The Labute approximate surface area is 403 Å². The minimum absolute atomic E-state index is 0.347. The van der Waals surface area contributed by atoms with E-state index in [-0.39, 0.29) is 5.41 Å². The molecular weight excluding hydrogens is 833 g/mol. The fraction of sp³-hybridized carbons (Fsp3) is 0.0448. The van der Waals surface area contributed by atoms with Gasteiger partial charge in [-0.15, -0.1) is 0 Å². The third-order valence-corrected chi connectivity index (χ3v) is 15.1. The summed E-state index contributed by atoms with van der Waals surface area (Å²) < 4.78 is 2.38. The van der Waals surface area contributed by atoms with Crippen molar-refractivity contribution in [2.24, 2.45) is 0 Å². The molecule has 0 atom stereocenters. The number of benzene rings is 10. The van der Waals surface area contributed by atoms with Crippen LogP contribution in [0.3, 0.4) is 0 Å². The molecule has 0 fully saturated rings. The van der Waals surface area contributed by atoms with Crippen LogP contribution in [0.25, 0.3) is 77.6 Å². The van der Waals surface area contributed by atoms with Gasteiger partial charge < -0.3 is 9.47 Å². The first-order valence-corrected chi connectivity index (χ1v) is 24.2. The number of hydrogen-bond acceptors (Lipinski definition) is 1. The quantitative estimate of drug-likeness (QED) is 0.155. The molecule has 3 aliphatic rings. The Morgan fingerprint density at radius 2 is 0.899 bits per heavy atom. The van der Waals surface area contributed by atoms with Crippen molar-refractivity contribution in [3.63, 3.8) is 0 Å². The van der Waals surface area contributed by atoms with Crippen molar-refractivity contribution in [1.29, 1.82) is 0 Å². The van der Waals surface area contributed by atoms with Gasteiger partial charge in [0.25, 0.3) is 0 Å². The molecule has 2 heteroatoms. The molecule has 0 N–H and O–H groups in total. The van der Waals surface area contributed by atoms with Crippen LogP contribution in [0.15, 0.2) is 260 Å². The Balaban J connectivity index is 0.876. The van der Waals surface area contributed by atoms with E-state index in [1.807, 2.05) is 0 Å². The maximum absolute atomic E-state index is 2.51. The number of aromatic nitrogens is 1. The molecule has 324 valence electrons. The molecule has 1 aromatic heterocycles. The Kier molecular flexibility index (Phi) is 8.97. The lowest BCUT2D eigenvalue weighted by Gasteiger charge is -2.34. The second-order valence-corrected chi connectivity index (χ2v) is 18.7. The van der Waals surface area contributed by atoms with E-state index in [1.165, 1.54) is 105 Å². The highest BCUT2D eigenvalue weighted by Crippen LogP contribution is 2.64. The monoisotopic (exact) mass is 878 g/mol. The molecule has 11 aromatic rings. The van der Waals surface area contributed by atoms with Crippen LogP contribution in [0, 0.1) is 0 Å². The number of fused-ring (bicyclic) bond motifs is 12. The Morgan fingerprint density at radius 3 is 1.62 bits per heavy atom. The van der Waals surface area contributed by atoms with Gasteiger partial charge in [-0.25, -0.2) is 0 Å². The van der Waals surface area contributed by atoms with Gasteiger partial charge in [-0.05, 0) is 164 Å². The van der Waals surface area contributed by atoms with Crippen LogP contribution < -0.4 is 4.90 Å². The number of para-hydroxylation sites is 2. The topological polar surface area (TPSA) is 8.17 Å². The number of anilines is 3. The molecule has 1 spiro atoms. The summed E-state index contributed by atoms with van der Waals surface area (Å²) in [4.78, 5) is 2.45. The summed E-state index contributed by atoms with van der Waals surface area (Å²) >= 11 is 0. The van der Waals surface area contributed by atoms with Crippen LogP contribution in [-0.2, 0) is 5.41 Å². The maximum Gasteiger partial charge on any atom is 0.0689 e. The number of rotatable bonds is 7. The van der Waals surface area contributed by atoms with E-state index < -0.39 is 0 Å². The van der Waals surface area contributed by atoms with Gasteiger partial charge in [0.1, 0.15) is 0 Å². The van der Waals surface area contributed by atoms with Gasteiger partial charge in [0.05, 0.1) is 16.4 Å². The van der Waals surface area contributed by atoms with Crippen LogP contribution in [0.1, 0.15) is 35.1 Å². The van der Waals surface area contributed by atoms with Crippen molar-refractivity contribution in [2.75, 3.05) is 4.90 Å². The van der Waals surface area contributed by atoms with E-state index in [2.05, 4.69) is 264 Å². The van der Waals surface area contributed by atoms with Gasteiger partial charge >= 0.3 is 0 Å². The van der Waals surface area contributed by atoms with Gasteiger partial charge in [0.15, 0.2) is 0 Å². The van der Waals surface area contributed by atoms with Crippen molar-refractivity contribution >= 4 is 44.4 Å². The second kappa shape index (κ2) is 15.7. The number of hydrogen-bond donors (Lipinski definition) is 0. The van der Waals surface area contributed by atoms with E-state index in [0.717, 1.165) is 29.9 Å². The lowest BCUT2D eigenvalue weighted by molar-refractivity contribution is 0.714. The average Bonchev–Trinajstić information content (AvgIpc) is 4.03. The third-order valence-electron chi connectivity index (χ3n) is 15.1. The molecule has 14 rings (SSSR count). The Morgan fingerprint density at radius 1 is 0.362 bits per heavy atom. The SMILES string of the molecule is C1=CC2=C(CC1)C1(c3cc(N(c4ccc(-c5ccccc5)cc4)c4ccc(-c5cccc(-c6ccc7c(c6)c6ccccc6n7-c6ccccc6)c5)cc4)ccc32)c2ccccc2-c2ccccc21. The summed E-state index contributed by atoms with van der Waals surface area (Å²) in [5.41, 5.74) is 24.9. The van der Waals surface area contributed by atoms with Crippen molar-refractivity contribution in [3.05, 3.63) is 283 Å². The second-order valence-electron chi connectivity index (χ2n) is 18.7. The van der Waals surface area contributed by atoms with Crippen LogP contribution in [-0.4, -0.2) is 4.57 Å². The van der Waals surface area contributed by atoms with E-state index >= 15 is 0 Å². The van der Waals surface area contributed by atoms with Gasteiger partial charge in [0, 0.05) is 33.5 Å². The zero-order valence-electron chi connectivity index (χ0n) is 38.1. The summed E-state index contributed by atoms with van der Waals surface area (Å²) in [6.45, 7) is 0. The number of allylic oxidation sites excluding steroid dienone is 4. The fourth-order valence-corrected chi connectivity index (χ4v) is 12.1. The van der Waals surface area contributed by atoms with Crippen molar-refractivity contribution in [2.45, 2.75) is 18.3 Å². The highest BCUT2D eigenvalue weighted by molar-refractivity contribution is 6.10. The molecule has 10 aromatic carbocycles. The standard InChI is InChI=1S/C67H46N2/c1-3-16-45(17-4-1)46-30-35-52(36-31-46)68(54-39-40-58-57-24-9-13-28-63(57)67(64(58)44-54)61-26-11-7-22-55(61)56-23-8-12-27-62(56)67)53-37-32-47(33-38-53)48-18-15-19-49(42-48)50-34-41-66-60(43-50)59-25-10-14-29-65(59)69(66)51-20-5-2-6-21-51/h1-12,14-27,29-44H,13,28H2. The van der Waals surface area contributed by atoms with Crippen LogP contribution >= 0.6 is 0 Å². The summed E-state index contributed by atoms with van der Waals surface area (Å²) in [6.07, 6.45) is 6.85. The first-order chi connectivity index (χ1) is 34.2. The molecular formula is C67H46N2. The largest absolute Gasteiger partial charge is 0.310 e. The van der Waals surface area contributed by atoms with Crippen molar-refractivity contribution in [1.82, 2.24) is 4.57 Å². The third kappa shape index (κ3) is 6.05. The molecule has 0 radical (unpaired) electrons. The normalized spacial score (nSPS) is 14.0. The van der Waals surface area contributed by atoms with Crippen LogP contribution in [0.2, 0.25) is 0 Å². The van der Waals surface area contributed by atoms with Crippen LogP contribution in [0.4, 0.5) is 17.1 Å². The molecule has 0 unspecified atom stereocenters. The van der Waals surface area contributed by atoms with Crippen LogP contribution in [0.5, 0.6) is 0 Å². The molecule has 0 saturated carbocycles. The van der Waals surface area contributed by atoms with E-state index in [9.17, 15) is 0 Å². The highest BCUT2D eigenvalue weighted by atomic mass is 15.1. The Bertz CT molecular complexity index is 3830. The molecule has 3 aliphatic carbocycles. The molecule has 0 bridgehead atoms. The lowest BCUT2D eigenvalue weighted by Crippen LogP contribution is -2.28. The lowest BCUT2D eigenvalue weighted by atomic mass is 9.68. The maximum atomic E-state index is 2.51. The highest BCUT2D eigenvalue weighted by Gasteiger charge is 2.52. The van der Waals surface area contributed by atoms with Gasteiger partial charge in [-0.1, -0.05) is 182 Å².